The van der Waals surface area contributed by atoms with Crippen LogP contribution >= 0.6 is 0 Å². The summed E-state index contributed by atoms with van der Waals surface area (Å²) in [7, 11) is 1.31. The number of nitrogens with one attached hydrogen (secondary N) is 4. The molecule has 5 aliphatic rings. The van der Waals surface area contributed by atoms with Gasteiger partial charge in [-0.3, -0.25) is 14.4 Å². The number of carbonyl (C=O) groups is 4. The van der Waals surface area contributed by atoms with Gasteiger partial charge in [0.25, 0.3) is 0 Å². The molecule has 5 N–H and O–H groups in total. The van der Waals surface area contributed by atoms with Crippen LogP contribution in [0.2, 0.25) is 0 Å². The molecule has 4 fully saturated rings. The maximum atomic E-state index is 14.0. The number of likely N-dealkylation sites (tertiary alicyclic amines) is 2. The van der Waals surface area contributed by atoms with E-state index in [0.29, 0.717) is 24.3 Å². The third-order valence-electron chi connectivity index (χ3n) is 14.8. The van der Waals surface area contributed by atoms with Crippen LogP contribution in [0.1, 0.15) is 107 Å². The number of aromatic nitrogens is 4. The van der Waals surface area contributed by atoms with E-state index < -0.39 is 30.7 Å². The Bertz CT molecular complexity index is 2630. The Labute approximate surface area is 373 Å². The predicted octanol–water partition coefficient (Wildman–Crippen LogP) is 7.18. The quantitative estimate of drug-likeness (QED) is 0.0874. The van der Waals surface area contributed by atoms with E-state index in [0.717, 1.165) is 71.6 Å². The van der Waals surface area contributed by atoms with Crippen LogP contribution in [-0.2, 0) is 25.5 Å². The lowest BCUT2D eigenvalue weighted by molar-refractivity contribution is -0.139. The van der Waals surface area contributed by atoms with Crippen LogP contribution in [0.15, 0.2) is 60.8 Å². The van der Waals surface area contributed by atoms with E-state index in [4.69, 9.17) is 14.7 Å². The Balaban J connectivity index is 0.888. The third-order valence-corrected chi connectivity index (χ3v) is 14.8. The standard InChI is InChI=1S/C50H58N8O6/c1-25(2)44(55-42(60)24-59)48(61)57-18-6-7-39(57)46-51-23-38(54-46)28-10-8-27(9-11-28)33-16-15-32(35-19-29-12-14-34(29)43(33)35)30-13-17-36-37(20-30)53-47(52-36)41-22-31-21-40(31)58(41)49(62)45(26(3)4)56-50(63)64-5/h8-11,13,15-17,20,23,25-26,29,31,34,39-41,44-45,59H,6-7,12,14,18-19,21-22,24H2,1-5H3,(H,51,54)(H,52,53)(H,55,60)(H,56,63)/t29?,31?,34?,39?,40?,41-,44-,45-/m0/s1. The lowest BCUT2D eigenvalue weighted by Gasteiger charge is -2.31. The Morgan fingerprint density at radius 2 is 1.55 bits per heavy atom. The number of imidazole rings is 2. The summed E-state index contributed by atoms with van der Waals surface area (Å²) in [6.07, 6.45) is 8.18. The third kappa shape index (κ3) is 7.33. The van der Waals surface area contributed by atoms with Gasteiger partial charge in [0, 0.05) is 12.6 Å². The van der Waals surface area contributed by atoms with E-state index in [1.807, 2.05) is 43.7 Å². The van der Waals surface area contributed by atoms with Crippen molar-refractivity contribution < 1.29 is 29.0 Å². The molecule has 4 heterocycles. The first kappa shape index (κ1) is 42.0. The van der Waals surface area contributed by atoms with Crippen molar-refractivity contribution in [2.24, 2.45) is 23.7 Å². The van der Waals surface area contributed by atoms with Crippen molar-refractivity contribution >= 4 is 34.8 Å². The fourth-order valence-corrected chi connectivity index (χ4v) is 11.2. The molecule has 2 saturated heterocycles. The average molecular weight is 867 g/mol. The van der Waals surface area contributed by atoms with Crippen molar-refractivity contribution in [1.82, 2.24) is 40.4 Å². The van der Waals surface area contributed by atoms with Crippen LogP contribution in [0.4, 0.5) is 4.79 Å². The molecule has 10 rings (SSSR count). The van der Waals surface area contributed by atoms with Crippen LogP contribution < -0.4 is 10.6 Å². The molecule has 3 aliphatic carbocycles. The number of H-pyrrole nitrogens is 2. The molecular formula is C50H58N8O6. The zero-order chi connectivity index (χ0) is 44.6. The van der Waals surface area contributed by atoms with Crippen molar-refractivity contribution in [3.63, 3.8) is 0 Å². The number of piperidine rings is 1. The van der Waals surface area contributed by atoms with Crippen LogP contribution in [0, 0.1) is 23.7 Å². The van der Waals surface area contributed by atoms with Crippen LogP contribution in [0.25, 0.3) is 44.5 Å². The summed E-state index contributed by atoms with van der Waals surface area (Å²) in [5.41, 5.74) is 11.5. The summed E-state index contributed by atoms with van der Waals surface area (Å²) in [5.74, 6) is 2.14. The second-order valence-corrected chi connectivity index (χ2v) is 19.4. The highest BCUT2D eigenvalue weighted by Gasteiger charge is 2.56. The molecule has 5 unspecified atom stereocenters. The summed E-state index contributed by atoms with van der Waals surface area (Å²) < 4.78 is 4.85. The largest absolute Gasteiger partial charge is 0.453 e. The minimum absolute atomic E-state index is 0.0852. The molecule has 64 heavy (non-hydrogen) atoms. The number of rotatable bonds is 12. The summed E-state index contributed by atoms with van der Waals surface area (Å²) >= 11 is 0. The van der Waals surface area contributed by atoms with Crippen molar-refractivity contribution in [1.29, 1.82) is 0 Å². The number of aliphatic hydroxyl groups excluding tert-OH is 1. The predicted molar refractivity (Wildman–Crippen MR) is 242 cm³/mol. The van der Waals surface area contributed by atoms with Gasteiger partial charge in [-0.2, -0.15) is 0 Å². The highest BCUT2D eigenvalue weighted by atomic mass is 16.5. The first-order chi connectivity index (χ1) is 30.9. The Morgan fingerprint density at radius 1 is 0.812 bits per heavy atom. The zero-order valence-electron chi connectivity index (χ0n) is 37.2. The molecule has 3 aromatic carbocycles. The molecule has 14 heteroatoms. The second kappa shape index (κ2) is 16.5. The van der Waals surface area contributed by atoms with E-state index in [-0.39, 0.29) is 41.8 Å². The smallest absolute Gasteiger partial charge is 0.407 e. The van der Waals surface area contributed by atoms with Gasteiger partial charge in [0.05, 0.1) is 42.1 Å². The number of alkyl carbamates (subject to hydrolysis) is 1. The highest BCUT2D eigenvalue weighted by molar-refractivity contribution is 5.90. The van der Waals surface area contributed by atoms with Gasteiger partial charge in [-0.05, 0) is 126 Å². The Kier molecular flexibility index (Phi) is 10.8. The molecule has 0 radical (unpaired) electrons. The Morgan fingerprint density at radius 3 is 2.27 bits per heavy atom. The number of ether oxygens (including phenoxy) is 1. The normalized spacial score (nSPS) is 24.0. The molecule has 5 aromatic rings. The molecule has 8 atom stereocenters. The van der Waals surface area contributed by atoms with Crippen LogP contribution in [0.5, 0.6) is 0 Å². The molecule has 0 bridgehead atoms. The highest BCUT2D eigenvalue weighted by Crippen LogP contribution is 2.57. The van der Waals surface area contributed by atoms with Gasteiger partial charge >= 0.3 is 6.09 Å². The maximum absolute atomic E-state index is 14.0. The van der Waals surface area contributed by atoms with Crippen molar-refractivity contribution in [3.8, 4) is 33.5 Å². The minimum Gasteiger partial charge on any atom is -0.453 e. The summed E-state index contributed by atoms with van der Waals surface area (Å²) in [5, 5.41) is 14.8. The monoisotopic (exact) mass is 866 g/mol. The number of hydrogen-bond donors (Lipinski definition) is 5. The van der Waals surface area contributed by atoms with E-state index in [2.05, 4.69) is 75.2 Å². The van der Waals surface area contributed by atoms with Crippen molar-refractivity contribution in [2.75, 3.05) is 20.3 Å². The van der Waals surface area contributed by atoms with Gasteiger partial charge in [-0.25, -0.2) is 14.8 Å². The van der Waals surface area contributed by atoms with Crippen molar-refractivity contribution in [3.05, 3.63) is 83.6 Å². The number of aromatic amines is 2. The first-order valence-electron chi connectivity index (χ1n) is 23.1. The molecule has 334 valence electrons. The number of methoxy groups -OCH3 is 1. The van der Waals surface area contributed by atoms with Gasteiger partial charge in [0.2, 0.25) is 17.7 Å². The fraction of sp³-hybridized carbons (Fsp3) is 0.480. The topological polar surface area (TPSA) is 186 Å². The number of aliphatic hydroxyl groups is 1. The number of carbonyl (C=O) groups excluding carboxylic acids is 4. The number of hydrogen-bond acceptors (Lipinski definition) is 8. The van der Waals surface area contributed by atoms with E-state index in [1.54, 1.807) is 0 Å². The minimum atomic E-state index is -0.719. The second-order valence-electron chi connectivity index (χ2n) is 19.4. The Hall–Kier alpha value is -6.02. The van der Waals surface area contributed by atoms with Gasteiger partial charge < -0.3 is 40.2 Å². The summed E-state index contributed by atoms with van der Waals surface area (Å²) in [4.78, 5) is 72.6. The molecule has 2 aromatic heterocycles. The van der Waals surface area contributed by atoms with E-state index >= 15 is 0 Å². The van der Waals surface area contributed by atoms with Gasteiger partial charge in [0.1, 0.15) is 30.3 Å². The molecule has 4 amide bonds. The SMILES string of the molecule is COC(=O)N[C@H](C(=O)N1C2CC2C[C@H]1c1nc2ccc(-c3ccc(-c4ccc(-c5cnc(C6CCCN6C(=O)[C@@H](NC(=O)CO)C(C)C)[nH]5)cc4)c4c3CC3CCC43)cc2[nH]1)C(C)C. The van der Waals surface area contributed by atoms with Crippen LogP contribution in [-0.4, -0.2) is 97.0 Å². The van der Waals surface area contributed by atoms with E-state index in [1.165, 1.54) is 47.8 Å². The first-order valence-corrected chi connectivity index (χ1v) is 23.1. The fourth-order valence-electron chi connectivity index (χ4n) is 11.2. The average Bonchev–Trinajstić information content (AvgIpc) is 3.87. The molecule has 0 spiro atoms. The number of fused-ring (bicyclic) bond motifs is 5. The van der Waals surface area contributed by atoms with Gasteiger partial charge in [-0.1, -0.05) is 70.2 Å². The lowest BCUT2D eigenvalue weighted by atomic mass is 9.73. The number of amides is 4. The molecule has 2 aliphatic heterocycles. The molecular weight excluding hydrogens is 809 g/mol. The summed E-state index contributed by atoms with van der Waals surface area (Å²) in [6, 6.07) is 18.1. The summed E-state index contributed by atoms with van der Waals surface area (Å²) in [6.45, 7) is 7.58. The lowest BCUT2D eigenvalue weighted by Crippen LogP contribution is -2.52. The maximum Gasteiger partial charge on any atom is 0.407 e. The molecule has 2 saturated carbocycles. The van der Waals surface area contributed by atoms with Crippen LogP contribution in [0.3, 0.4) is 0 Å². The van der Waals surface area contributed by atoms with Gasteiger partial charge in [0.15, 0.2) is 0 Å². The zero-order valence-corrected chi connectivity index (χ0v) is 37.2. The number of benzene rings is 3. The number of nitrogens with zero attached hydrogens (tertiary/aromatic N) is 4. The van der Waals surface area contributed by atoms with E-state index in [9.17, 15) is 24.3 Å². The van der Waals surface area contributed by atoms with Gasteiger partial charge in [-0.15, -0.1) is 0 Å². The van der Waals surface area contributed by atoms with Crippen molar-refractivity contribution in [2.45, 2.75) is 109 Å². The molecule has 14 nitrogen and oxygen atoms in total.